The molecule has 5 aromatic carbocycles. The first-order valence-electron chi connectivity index (χ1n) is 16.9. The van der Waals surface area contributed by atoms with Gasteiger partial charge in [0.25, 0.3) is 0 Å². The van der Waals surface area contributed by atoms with Crippen molar-refractivity contribution < 1.29 is 43.9 Å². The molecule has 0 fully saturated rings. The molecular formula is C42H33BF10S. The van der Waals surface area contributed by atoms with Crippen LogP contribution in [-0.4, -0.2) is 6.15 Å². The molecule has 0 saturated heterocycles. The van der Waals surface area contributed by atoms with E-state index in [2.05, 4.69) is 0 Å². The van der Waals surface area contributed by atoms with Gasteiger partial charge in [0.2, 0.25) is 0 Å². The van der Waals surface area contributed by atoms with Crippen LogP contribution < -0.4 is 10.9 Å². The van der Waals surface area contributed by atoms with E-state index in [1.54, 1.807) is 78.9 Å². The fraction of sp³-hybridized carbons (Fsp3) is 0.190. The van der Waals surface area contributed by atoms with Crippen molar-refractivity contribution in [1.29, 1.82) is 0 Å². The molecule has 6 rings (SSSR count). The second-order valence-corrected chi connectivity index (χ2v) is 17.3. The average molecular weight is 771 g/mol. The Morgan fingerprint density at radius 3 is 0.981 bits per heavy atom. The van der Waals surface area contributed by atoms with Gasteiger partial charge in [-0.25, -0.2) is 43.9 Å². The fourth-order valence-corrected chi connectivity index (χ4v) is 9.47. The molecule has 0 aromatic heterocycles. The van der Waals surface area contributed by atoms with E-state index < -0.39 is 86.1 Å². The lowest BCUT2D eigenvalue weighted by atomic mass is 9.18. The van der Waals surface area contributed by atoms with Gasteiger partial charge in [0.05, 0.1) is 10.9 Å². The topological polar surface area (TPSA) is 0 Å². The van der Waals surface area contributed by atoms with E-state index in [0.29, 0.717) is 16.0 Å². The van der Waals surface area contributed by atoms with Crippen LogP contribution in [0.1, 0.15) is 63.8 Å². The Bertz CT molecular complexity index is 2130. The Morgan fingerprint density at radius 1 is 0.389 bits per heavy atom. The summed E-state index contributed by atoms with van der Waals surface area (Å²) in [5.41, 5.74) is -1.98. The van der Waals surface area contributed by atoms with Gasteiger partial charge >= 0.3 is 0 Å². The maximum atomic E-state index is 16.2. The second kappa shape index (κ2) is 13.9. The van der Waals surface area contributed by atoms with E-state index in [-0.39, 0.29) is 20.6 Å². The van der Waals surface area contributed by atoms with Crippen LogP contribution in [-0.2, 0) is 21.7 Å². The molecule has 5 aromatic rings. The van der Waals surface area contributed by atoms with Gasteiger partial charge in [0, 0.05) is 11.1 Å². The third-order valence-corrected chi connectivity index (χ3v) is 12.1. The van der Waals surface area contributed by atoms with Crippen LogP contribution in [0.25, 0.3) is 9.81 Å². The number of rotatable bonds is 5. The molecule has 1 aliphatic heterocycles. The quantitative estimate of drug-likeness (QED) is 0.0549. The Labute approximate surface area is 309 Å². The number of hydrogen-bond acceptors (Lipinski definition) is 0. The highest BCUT2D eigenvalue weighted by atomic mass is 32.2. The number of hydrogen-bond donors (Lipinski definition) is 0. The summed E-state index contributed by atoms with van der Waals surface area (Å²) in [4.78, 5) is 0.716. The summed E-state index contributed by atoms with van der Waals surface area (Å²) in [7, 11) is -1.37. The molecule has 0 bridgehead atoms. The van der Waals surface area contributed by atoms with E-state index in [1.807, 2.05) is 41.5 Å². The summed E-state index contributed by atoms with van der Waals surface area (Å²) < 4.78 is 155. The van der Waals surface area contributed by atoms with E-state index in [4.69, 9.17) is 0 Å². The second-order valence-electron chi connectivity index (χ2n) is 15.3. The van der Waals surface area contributed by atoms with Gasteiger partial charge in [-0.1, -0.05) is 84.0 Å². The minimum Gasteiger partial charge on any atom is -0.207 e. The molecule has 12 heteroatoms. The van der Waals surface area contributed by atoms with Gasteiger partial charge in [-0.3, -0.25) is 0 Å². The lowest BCUT2D eigenvalue weighted by molar-refractivity contribution is 0.382. The van der Waals surface area contributed by atoms with Crippen LogP contribution >= 0.6 is 0 Å². The highest BCUT2D eigenvalue weighted by Crippen LogP contribution is 2.46. The first kappa shape index (κ1) is 39.0. The first-order valence-corrected chi connectivity index (χ1v) is 18.1. The van der Waals surface area contributed by atoms with Crippen LogP contribution in [0.5, 0.6) is 0 Å². The van der Waals surface area contributed by atoms with Crippen LogP contribution in [0.15, 0.2) is 95.7 Å². The highest BCUT2D eigenvalue weighted by Gasteiger charge is 2.48. The predicted octanol–water partition coefficient (Wildman–Crippen LogP) is 11.1. The maximum Gasteiger partial charge on any atom is 0.200 e. The van der Waals surface area contributed by atoms with Crippen molar-refractivity contribution in [3.63, 3.8) is 0 Å². The van der Waals surface area contributed by atoms with Gasteiger partial charge in [0.1, 0.15) is 39.2 Å². The van der Waals surface area contributed by atoms with E-state index in [1.165, 1.54) is 0 Å². The summed E-state index contributed by atoms with van der Waals surface area (Å²) in [6.07, 6.45) is -4.37. The SMILES string of the molecule is CC(C)(C)c1ccc(C2=C[B-](c3c(F)c(F)c(F)c(F)c3F)(c3c(F)c(F)c(F)c(F)c3F)C=C(c3ccc(C(C)(C)C)cc3)[S+]2c2ccccc2)cc1. The smallest absolute Gasteiger partial charge is 0.200 e. The standard InChI is InChI=1S/C42H33BF10S/c1-41(2,3)24-16-12-22(13-17-24)27-20-43(29-31(44)35(48)39(52)36(49)32(29)45,30-33(46)37(50)40(53)38(51)34(30)47)21-28(54(27)26-10-8-7-9-11-26)23-14-18-25(19-15-23)42(4,5)6/h7-21H,1-6H3. The maximum absolute atomic E-state index is 16.2. The normalized spacial score (nSPS) is 15.0. The summed E-state index contributed by atoms with van der Waals surface area (Å²) in [5, 5.41) is 0. The van der Waals surface area contributed by atoms with Crippen molar-refractivity contribution in [3.8, 4) is 0 Å². The van der Waals surface area contributed by atoms with Crippen molar-refractivity contribution in [3.05, 3.63) is 171 Å². The first-order chi connectivity index (χ1) is 25.2. The zero-order valence-electron chi connectivity index (χ0n) is 29.9. The minimum absolute atomic E-state index is 0.0759. The highest BCUT2D eigenvalue weighted by molar-refractivity contribution is 8.14. The number of halogens is 10. The summed E-state index contributed by atoms with van der Waals surface area (Å²) in [5.74, 6) is -23.1. The van der Waals surface area contributed by atoms with Gasteiger partial charge < -0.3 is 0 Å². The van der Waals surface area contributed by atoms with E-state index >= 15 is 35.1 Å². The molecule has 0 radical (unpaired) electrons. The van der Waals surface area contributed by atoms with Gasteiger partial charge in [0.15, 0.2) is 39.8 Å². The molecule has 0 aliphatic carbocycles. The van der Waals surface area contributed by atoms with Crippen LogP contribution in [0.3, 0.4) is 0 Å². The molecule has 280 valence electrons. The molecule has 0 N–H and O–H groups in total. The lowest BCUT2D eigenvalue weighted by Crippen LogP contribution is -2.63. The van der Waals surface area contributed by atoms with Crippen molar-refractivity contribution in [2.45, 2.75) is 57.3 Å². The minimum atomic E-state index is -4.37. The molecule has 0 spiro atoms. The Hall–Kier alpha value is -4.71. The van der Waals surface area contributed by atoms with Crippen LogP contribution in [0, 0.1) is 58.2 Å². The third-order valence-electron chi connectivity index (χ3n) is 9.76. The molecule has 0 unspecified atom stereocenters. The zero-order valence-corrected chi connectivity index (χ0v) is 30.7. The van der Waals surface area contributed by atoms with Crippen LogP contribution in [0.2, 0.25) is 0 Å². The summed E-state index contributed by atoms with van der Waals surface area (Å²) in [6.45, 7) is 11.7. The molecule has 0 atom stereocenters. The molecule has 0 amide bonds. The molecule has 1 heterocycles. The lowest BCUT2D eigenvalue weighted by Gasteiger charge is -2.40. The largest absolute Gasteiger partial charge is 0.207 e. The van der Waals surface area contributed by atoms with Gasteiger partial charge in [-0.2, -0.15) is 12.0 Å². The summed E-state index contributed by atoms with van der Waals surface area (Å²) >= 11 is 0. The van der Waals surface area contributed by atoms with Crippen molar-refractivity contribution in [2.75, 3.05) is 0 Å². The fourth-order valence-electron chi connectivity index (χ4n) is 6.85. The molecule has 0 saturated carbocycles. The molecular weight excluding hydrogens is 737 g/mol. The van der Waals surface area contributed by atoms with Crippen molar-refractivity contribution in [2.24, 2.45) is 0 Å². The van der Waals surface area contributed by atoms with E-state index in [0.717, 1.165) is 23.1 Å². The third kappa shape index (κ3) is 6.46. The van der Waals surface area contributed by atoms with E-state index in [9.17, 15) is 8.78 Å². The van der Waals surface area contributed by atoms with Crippen LogP contribution in [0.4, 0.5) is 43.9 Å². The summed E-state index contributed by atoms with van der Waals surface area (Å²) in [6, 6.07) is 22.0. The van der Waals surface area contributed by atoms with Crippen molar-refractivity contribution >= 4 is 37.8 Å². The zero-order chi connectivity index (χ0) is 39.7. The molecule has 54 heavy (non-hydrogen) atoms. The Morgan fingerprint density at radius 2 is 0.685 bits per heavy atom. The Kier molecular flexibility index (Phi) is 10.0. The molecule has 1 aliphatic rings. The van der Waals surface area contributed by atoms with Gasteiger partial charge in [-0.05, 0) is 58.4 Å². The van der Waals surface area contributed by atoms with Gasteiger partial charge in [-0.15, -0.1) is 10.9 Å². The predicted molar refractivity (Wildman–Crippen MR) is 196 cm³/mol. The molecule has 0 nitrogen and oxygen atoms in total. The van der Waals surface area contributed by atoms with Crippen molar-refractivity contribution in [1.82, 2.24) is 0 Å². The Balaban J connectivity index is 1.88. The number of benzene rings is 5. The monoisotopic (exact) mass is 770 g/mol. The average Bonchev–Trinajstić information content (AvgIpc) is 3.14.